The lowest BCUT2D eigenvalue weighted by molar-refractivity contribution is -0.137. The van der Waals surface area contributed by atoms with Crippen molar-refractivity contribution in [3.8, 4) is 22.9 Å². The maximum atomic E-state index is 12.0. The summed E-state index contributed by atoms with van der Waals surface area (Å²) in [5.74, 6) is 1.77. The van der Waals surface area contributed by atoms with Crippen LogP contribution in [0.15, 0.2) is 29.6 Å². The van der Waals surface area contributed by atoms with Gasteiger partial charge in [0.25, 0.3) is 5.91 Å². The summed E-state index contributed by atoms with van der Waals surface area (Å²) < 4.78 is 17.5. The van der Waals surface area contributed by atoms with Gasteiger partial charge in [0.05, 0.1) is 49.0 Å². The van der Waals surface area contributed by atoms with Crippen LogP contribution in [0, 0.1) is 6.92 Å². The van der Waals surface area contributed by atoms with E-state index in [1.54, 1.807) is 25.6 Å². The smallest absolute Gasteiger partial charge is 0.315 e. The minimum atomic E-state index is -0.460. The topological polar surface area (TPSA) is 106 Å². The number of aromatic nitrogens is 2. The lowest BCUT2D eigenvalue weighted by Gasteiger charge is -2.13. The van der Waals surface area contributed by atoms with Crippen molar-refractivity contribution in [3.63, 3.8) is 0 Å². The third-order valence-electron chi connectivity index (χ3n) is 5.43. The van der Waals surface area contributed by atoms with Gasteiger partial charge in [-0.25, -0.2) is 4.98 Å². The number of rotatable bonds is 12. The van der Waals surface area contributed by atoms with Crippen LogP contribution in [-0.4, -0.2) is 54.3 Å². The molecule has 1 aromatic carbocycles. The predicted octanol–water partition coefficient (Wildman–Crippen LogP) is 3.73. The van der Waals surface area contributed by atoms with E-state index in [1.165, 1.54) is 18.9 Å². The molecule has 0 fully saturated rings. The van der Waals surface area contributed by atoms with Crippen LogP contribution in [-0.2, 0) is 28.9 Å². The molecule has 3 aromatic rings. The molecule has 10 heteroatoms. The van der Waals surface area contributed by atoms with Crippen molar-refractivity contribution in [1.29, 1.82) is 0 Å². The second-order valence-corrected chi connectivity index (χ2v) is 9.54. The Bertz CT molecular complexity index is 1160. The number of primary amides is 1. The molecule has 2 aromatic heterocycles. The number of hydrogen-bond acceptors (Lipinski definition) is 8. The molecular weight excluding hydrogens is 474 g/mol. The van der Waals surface area contributed by atoms with Crippen LogP contribution in [0.3, 0.4) is 0 Å². The van der Waals surface area contributed by atoms with E-state index < -0.39 is 5.91 Å². The molecule has 3 rings (SSSR count). The summed E-state index contributed by atoms with van der Waals surface area (Å²) in [6.45, 7) is 2.54. The molecule has 0 aliphatic rings. The zero-order chi connectivity index (χ0) is 24.7. The normalized spacial score (nSPS) is 10.8. The first-order valence-electron chi connectivity index (χ1n) is 10.7. The number of esters is 1. The molecule has 2 heterocycles. The van der Waals surface area contributed by atoms with Crippen molar-refractivity contribution < 1.29 is 23.8 Å². The molecule has 0 saturated carbocycles. The molecule has 0 bridgehead atoms. The number of aryl methyl sites for hydroxylation is 2. The van der Waals surface area contributed by atoms with Crippen LogP contribution >= 0.6 is 23.1 Å². The Balaban J connectivity index is 1.78. The Hall–Kier alpha value is -2.98. The summed E-state index contributed by atoms with van der Waals surface area (Å²) in [6.07, 6.45) is 1.47. The van der Waals surface area contributed by atoms with Gasteiger partial charge in [-0.2, -0.15) is 0 Å². The fourth-order valence-electron chi connectivity index (χ4n) is 3.59. The first kappa shape index (κ1) is 25.6. The molecule has 0 saturated heterocycles. The lowest BCUT2D eigenvalue weighted by Crippen LogP contribution is -2.13. The van der Waals surface area contributed by atoms with Gasteiger partial charge in [-0.3, -0.25) is 9.59 Å². The number of methoxy groups -OCH3 is 3. The summed E-state index contributed by atoms with van der Waals surface area (Å²) in [7, 11) is 4.61. The zero-order valence-corrected chi connectivity index (χ0v) is 21.4. The average Bonchev–Trinajstić information content (AvgIpc) is 3.44. The molecule has 0 atom stereocenters. The Kier molecular flexibility index (Phi) is 9.00. The first-order valence-corrected chi connectivity index (χ1v) is 12.7. The van der Waals surface area contributed by atoms with Gasteiger partial charge in [0.1, 0.15) is 0 Å². The third-order valence-corrected chi connectivity index (χ3v) is 7.27. The van der Waals surface area contributed by atoms with Gasteiger partial charge in [0.15, 0.2) is 11.5 Å². The number of hydrogen-bond donors (Lipinski definition) is 1. The molecule has 0 spiro atoms. The van der Waals surface area contributed by atoms with Crippen molar-refractivity contribution in [2.24, 2.45) is 5.73 Å². The van der Waals surface area contributed by atoms with Gasteiger partial charge in [-0.15, -0.1) is 23.1 Å². The predicted molar refractivity (Wildman–Crippen MR) is 135 cm³/mol. The van der Waals surface area contributed by atoms with Crippen LogP contribution in [0.2, 0.25) is 0 Å². The average molecular weight is 504 g/mol. The van der Waals surface area contributed by atoms with E-state index in [0.717, 1.165) is 46.2 Å². The minimum absolute atomic E-state index is 0.230. The molecule has 2 N–H and O–H groups in total. The fourth-order valence-corrected chi connectivity index (χ4v) is 5.28. The Morgan fingerprint density at radius 2 is 1.88 bits per heavy atom. The second kappa shape index (κ2) is 11.9. The molecule has 0 aliphatic heterocycles. The van der Waals surface area contributed by atoms with E-state index in [2.05, 4.69) is 9.30 Å². The molecule has 182 valence electrons. The number of ether oxygens (including phenoxy) is 3. The largest absolute Gasteiger partial charge is 0.493 e. The molecule has 8 nitrogen and oxygen atoms in total. The summed E-state index contributed by atoms with van der Waals surface area (Å²) in [5, 5.41) is 2.96. The highest BCUT2D eigenvalue weighted by molar-refractivity contribution is 7.99. The number of nitrogens with two attached hydrogens (primary N) is 1. The van der Waals surface area contributed by atoms with Gasteiger partial charge < -0.3 is 24.5 Å². The van der Waals surface area contributed by atoms with Crippen molar-refractivity contribution in [2.75, 3.05) is 32.8 Å². The number of thioether (sulfide) groups is 1. The van der Waals surface area contributed by atoms with Crippen LogP contribution in [0.1, 0.15) is 26.6 Å². The Labute approximate surface area is 207 Å². The van der Waals surface area contributed by atoms with E-state index >= 15 is 0 Å². The summed E-state index contributed by atoms with van der Waals surface area (Å²) >= 11 is 3.08. The van der Waals surface area contributed by atoms with Crippen molar-refractivity contribution in [1.82, 2.24) is 9.55 Å². The number of benzene rings is 1. The van der Waals surface area contributed by atoms with E-state index in [-0.39, 0.29) is 5.97 Å². The van der Waals surface area contributed by atoms with Crippen LogP contribution in [0.25, 0.3) is 11.4 Å². The summed E-state index contributed by atoms with van der Waals surface area (Å²) in [6, 6.07) is 7.66. The Morgan fingerprint density at radius 3 is 2.56 bits per heavy atom. The van der Waals surface area contributed by atoms with Crippen molar-refractivity contribution in [3.05, 3.63) is 51.5 Å². The van der Waals surface area contributed by atoms with E-state index in [0.29, 0.717) is 29.4 Å². The number of carbonyl (C=O) groups is 2. The number of carbonyl (C=O) groups excluding carboxylic acids is 2. The van der Waals surface area contributed by atoms with Gasteiger partial charge in [-0.05, 0) is 37.1 Å². The SMILES string of the molecule is COC(=O)CSCCc1nc(-c2cc(C(N)=O)c(C)n2CCc2ccc(OC)c(OC)c2)cs1. The van der Waals surface area contributed by atoms with E-state index in [9.17, 15) is 9.59 Å². The minimum Gasteiger partial charge on any atom is -0.493 e. The molecule has 0 aliphatic carbocycles. The van der Waals surface area contributed by atoms with Gasteiger partial charge in [-0.1, -0.05) is 6.07 Å². The van der Waals surface area contributed by atoms with Crippen molar-refractivity contribution in [2.45, 2.75) is 26.3 Å². The van der Waals surface area contributed by atoms with Crippen LogP contribution in [0.5, 0.6) is 11.5 Å². The van der Waals surface area contributed by atoms with Gasteiger partial charge in [0.2, 0.25) is 0 Å². The monoisotopic (exact) mass is 503 g/mol. The molecular formula is C24H29N3O5S2. The lowest BCUT2D eigenvalue weighted by atomic mass is 10.1. The maximum Gasteiger partial charge on any atom is 0.315 e. The number of thiazole rings is 1. The molecule has 0 radical (unpaired) electrons. The standard InChI is InChI=1S/C24H29N3O5S2/c1-15-17(24(25)29)12-19(18-13-34-22(26-18)8-10-33-14-23(28)32-4)27(15)9-7-16-5-6-20(30-2)21(11-16)31-3/h5-6,11-13H,7-10,14H2,1-4H3,(H2,25,29). The fraction of sp³-hybridized carbons (Fsp3) is 0.375. The highest BCUT2D eigenvalue weighted by Crippen LogP contribution is 2.30. The first-order chi connectivity index (χ1) is 16.4. The number of amides is 1. The van der Waals surface area contributed by atoms with Gasteiger partial charge >= 0.3 is 5.97 Å². The second-order valence-electron chi connectivity index (χ2n) is 7.49. The van der Waals surface area contributed by atoms with Gasteiger partial charge in [0, 0.05) is 29.8 Å². The van der Waals surface area contributed by atoms with Crippen LogP contribution < -0.4 is 15.2 Å². The van der Waals surface area contributed by atoms with Crippen LogP contribution in [0.4, 0.5) is 0 Å². The quantitative estimate of drug-likeness (QED) is 0.297. The number of nitrogens with zero attached hydrogens (tertiary/aromatic N) is 2. The van der Waals surface area contributed by atoms with Crippen molar-refractivity contribution >= 4 is 35.0 Å². The van der Waals surface area contributed by atoms with E-state index in [4.69, 9.17) is 20.2 Å². The van der Waals surface area contributed by atoms with E-state index in [1.807, 2.05) is 36.6 Å². The summed E-state index contributed by atoms with van der Waals surface area (Å²) in [5.41, 5.74) is 9.68. The molecule has 1 amide bonds. The molecule has 34 heavy (non-hydrogen) atoms. The Morgan fingerprint density at radius 1 is 1.12 bits per heavy atom. The third kappa shape index (κ3) is 6.12. The zero-order valence-electron chi connectivity index (χ0n) is 19.8. The highest BCUT2D eigenvalue weighted by atomic mass is 32.2. The highest BCUT2D eigenvalue weighted by Gasteiger charge is 2.19. The molecule has 0 unspecified atom stereocenters. The maximum absolute atomic E-state index is 12.0. The summed E-state index contributed by atoms with van der Waals surface area (Å²) in [4.78, 5) is 28.1.